The molecule has 39 heavy (non-hydrogen) atoms. The van der Waals surface area contributed by atoms with Crippen LogP contribution in [0.1, 0.15) is 61.9 Å². The molecule has 3 heterocycles. The Labute approximate surface area is 224 Å². The lowest BCUT2D eigenvalue weighted by Gasteiger charge is -2.29. The molecule has 0 aromatic carbocycles. The first-order chi connectivity index (χ1) is 18.8. The molecule has 206 valence electrons. The highest BCUT2D eigenvalue weighted by molar-refractivity contribution is 6.03. The van der Waals surface area contributed by atoms with Crippen molar-refractivity contribution >= 4 is 40.4 Å². The molecule has 13 heteroatoms. The second-order valence-corrected chi connectivity index (χ2v) is 10.4. The lowest BCUT2D eigenvalue weighted by Crippen LogP contribution is -2.37. The van der Waals surface area contributed by atoms with Gasteiger partial charge in [0.1, 0.15) is 11.6 Å². The maximum absolute atomic E-state index is 14.1. The van der Waals surface area contributed by atoms with Gasteiger partial charge in [-0.15, -0.1) is 5.10 Å². The molecule has 12 nitrogen and oxygen atoms in total. The number of carbonyl (C=O) groups is 3. The number of Topliss-reactive ketones (excluding diaryl/α,β-unsaturated/α-hetero) is 1. The minimum Gasteiger partial charge on any atom is -0.379 e. The number of pyridine rings is 1. The number of nitrogens with one attached hydrogen (secondary N) is 3. The van der Waals surface area contributed by atoms with E-state index in [1.807, 2.05) is 6.07 Å². The zero-order valence-corrected chi connectivity index (χ0v) is 21.4. The summed E-state index contributed by atoms with van der Waals surface area (Å²) in [5.41, 5.74) is 12.4. The summed E-state index contributed by atoms with van der Waals surface area (Å²) in [5.74, 6) is -1.12. The summed E-state index contributed by atoms with van der Waals surface area (Å²) >= 11 is 0. The van der Waals surface area contributed by atoms with Gasteiger partial charge >= 0.3 is 0 Å². The summed E-state index contributed by atoms with van der Waals surface area (Å²) < 4.78 is 15.5. The molecule has 2 amide bonds. The Morgan fingerprint density at radius 3 is 2.46 bits per heavy atom. The molecule has 3 aromatic rings. The fraction of sp³-hybridized carbons (Fsp3) is 0.462. The minimum absolute atomic E-state index is 0.0152. The Balaban J connectivity index is 1.28. The van der Waals surface area contributed by atoms with Crippen LogP contribution < -0.4 is 27.4 Å². The summed E-state index contributed by atoms with van der Waals surface area (Å²) in [6.45, 7) is 0. The second kappa shape index (κ2) is 11.3. The molecule has 3 aromatic heterocycles. The zero-order valence-electron chi connectivity index (χ0n) is 21.4. The van der Waals surface area contributed by atoms with Gasteiger partial charge in [0.25, 0.3) is 5.91 Å². The van der Waals surface area contributed by atoms with E-state index < -0.39 is 23.7 Å². The summed E-state index contributed by atoms with van der Waals surface area (Å²) in [6.07, 6.45) is 9.48. The van der Waals surface area contributed by atoms with Gasteiger partial charge in [-0.25, -0.2) is 13.9 Å². The van der Waals surface area contributed by atoms with Crippen LogP contribution in [0.25, 0.3) is 5.65 Å². The van der Waals surface area contributed by atoms with E-state index in [4.69, 9.17) is 11.5 Å². The molecule has 0 radical (unpaired) electrons. The Hall–Kier alpha value is -4.13. The lowest BCUT2D eigenvalue weighted by molar-refractivity contribution is -0.125. The normalized spacial score (nSPS) is 19.8. The van der Waals surface area contributed by atoms with Crippen LogP contribution in [0, 0.1) is 11.7 Å². The number of nitrogens with two attached hydrogens (primary N) is 2. The predicted octanol–water partition coefficient (Wildman–Crippen LogP) is 2.22. The highest BCUT2D eigenvalue weighted by Crippen LogP contribution is 2.32. The maximum Gasteiger partial charge on any atom is 0.276 e. The van der Waals surface area contributed by atoms with E-state index >= 15 is 0 Å². The number of primary amides is 1. The van der Waals surface area contributed by atoms with E-state index in [0.29, 0.717) is 23.9 Å². The maximum atomic E-state index is 14.1. The molecule has 5 rings (SSSR count). The number of amides is 2. The van der Waals surface area contributed by atoms with Crippen molar-refractivity contribution in [3.63, 3.8) is 0 Å². The fourth-order valence-electron chi connectivity index (χ4n) is 4.90. The standard InChI is InChI=1S/C26H32FN9O3/c27-17-12-30-8-7-19(17)34-26(39)21-13-31-25-20(32-15-5-6-15)11-24(35-36(21)25)33-16-3-1-14(2-4-16)9-22(37)18(28)10-23(29)38/h7-8,11-16,18,32H,1-6,9-10,28H2,(H2,29,38)(H,33,35)(H,30,34,39)/t14?,16?,18-/m0/s1. The Morgan fingerprint density at radius 2 is 1.77 bits per heavy atom. The molecule has 2 fully saturated rings. The molecule has 0 bridgehead atoms. The summed E-state index contributed by atoms with van der Waals surface area (Å²) in [6, 6.07) is 2.90. The quantitative estimate of drug-likeness (QED) is 0.245. The van der Waals surface area contributed by atoms with Gasteiger partial charge < -0.3 is 27.4 Å². The number of nitrogens with zero attached hydrogens (tertiary/aromatic N) is 4. The van der Waals surface area contributed by atoms with Crippen molar-refractivity contribution in [1.29, 1.82) is 0 Å². The van der Waals surface area contributed by atoms with Gasteiger partial charge in [-0.3, -0.25) is 19.4 Å². The zero-order chi connectivity index (χ0) is 27.5. The molecule has 1 atom stereocenters. The SMILES string of the molecule is NC(=O)C[C@H](N)C(=O)CC1CCC(Nc2cc(NC3CC3)c3ncc(C(=O)Nc4ccncc4F)n3n2)CC1. The van der Waals surface area contributed by atoms with Gasteiger partial charge in [0.05, 0.1) is 29.8 Å². The number of halogens is 1. The van der Waals surface area contributed by atoms with Crippen LogP contribution in [0.15, 0.2) is 30.7 Å². The van der Waals surface area contributed by atoms with Crippen molar-refractivity contribution in [2.45, 2.75) is 69.5 Å². The average Bonchev–Trinajstić information content (AvgIpc) is 3.61. The van der Waals surface area contributed by atoms with Crippen LogP contribution in [0.4, 0.5) is 21.6 Å². The van der Waals surface area contributed by atoms with Gasteiger partial charge in [0.15, 0.2) is 17.2 Å². The monoisotopic (exact) mass is 537 g/mol. The van der Waals surface area contributed by atoms with Gasteiger partial charge in [-0.05, 0) is 50.5 Å². The van der Waals surface area contributed by atoms with Crippen LogP contribution >= 0.6 is 0 Å². The van der Waals surface area contributed by atoms with Gasteiger partial charge in [-0.2, -0.15) is 0 Å². The topological polar surface area (TPSA) is 182 Å². The van der Waals surface area contributed by atoms with E-state index in [9.17, 15) is 18.8 Å². The number of hydrogen-bond acceptors (Lipinski definition) is 9. The highest BCUT2D eigenvalue weighted by atomic mass is 19.1. The number of ketones is 1. The number of aromatic nitrogens is 4. The lowest BCUT2D eigenvalue weighted by atomic mass is 9.82. The molecule has 7 N–H and O–H groups in total. The molecule has 0 saturated heterocycles. The van der Waals surface area contributed by atoms with Crippen molar-refractivity contribution in [3.8, 4) is 0 Å². The fourth-order valence-corrected chi connectivity index (χ4v) is 4.90. The molecular formula is C26H32FN9O3. The van der Waals surface area contributed by atoms with Crippen LogP contribution in [0.5, 0.6) is 0 Å². The average molecular weight is 538 g/mol. The molecule has 0 unspecified atom stereocenters. The Kier molecular flexibility index (Phi) is 7.68. The first-order valence-corrected chi connectivity index (χ1v) is 13.2. The minimum atomic E-state index is -0.844. The van der Waals surface area contributed by atoms with E-state index in [1.54, 1.807) is 0 Å². The smallest absolute Gasteiger partial charge is 0.276 e. The number of fused-ring (bicyclic) bond motifs is 1. The molecule has 2 aliphatic rings. The molecular weight excluding hydrogens is 505 g/mol. The van der Waals surface area contributed by atoms with Crippen molar-refractivity contribution in [2.75, 3.05) is 16.0 Å². The summed E-state index contributed by atoms with van der Waals surface area (Å²) in [5, 5.41) is 14.1. The number of carbonyl (C=O) groups excluding carboxylic acids is 3. The number of rotatable bonds is 11. The Bertz CT molecular complexity index is 1380. The highest BCUT2D eigenvalue weighted by Gasteiger charge is 2.28. The number of anilines is 3. The van der Waals surface area contributed by atoms with Crippen LogP contribution in [-0.2, 0) is 9.59 Å². The summed E-state index contributed by atoms with van der Waals surface area (Å²) in [4.78, 5) is 44.5. The third-order valence-electron chi connectivity index (χ3n) is 7.18. The van der Waals surface area contributed by atoms with E-state index in [-0.39, 0.29) is 35.5 Å². The number of hydrogen-bond donors (Lipinski definition) is 5. The van der Waals surface area contributed by atoms with Crippen molar-refractivity contribution in [3.05, 3.63) is 42.2 Å². The second-order valence-electron chi connectivity index (χ2n) is 10.4. The van der Waals surface area contributed by atoms with Crippen molar-refractivity contribution in [1.82, 2.24) is 19.6 Å². The molecule has 0 aliphatic heterocycles. The van der Waals surface area contributed by atoms with Crippen molar-refractivity contribution < 1.29 is 18.8 Å². The van der Waals surface area contributed by atoms with E-state index in [0.717, 1.165) is 50.4 Å². The molecule has 2 saturated carbocycles. The van der Waals surface area contributed by atoms with Crippen molar-refractivity contribution in [2.24, 2.45) is 17.4 Å². The van der Waals surface area contributed by atoms with E-state index in [2.05, 4.69) is 31.0 Å². The van der Waals surface area contributed by atoms with E-state index in [1.165, 1.54) is 23.0 Å². The Morgan fingerprint density at radius 1 is 1.05 bits per heavy atom. The molecule has 2 aliphatic carbocycles. The van der Waals surface area contributed by atoms with Gasteiger partial charge in [0, 0.05) is 37.2 Å². The van der Waals surface area contributed by atoms with Crippen LogP contribution in [0.2, 0.25) is 0 Å². The molecule has 0 spiro atoms. The first-order valence-electron chi connectivity index (χ1n) is 13.2. The summed E-state index contributed by atoms with van der Waals surface area (Å²) in [7, 11) is 0. The predicted molar refractivity (Wildman–Crippen MR) is 143 cm³/mol. The van der Waals surface area contributed by atoms with Crippen LogP contribution in [-0.4, -0.2) is 55.3 Å². The van der Waals surface area contributed by atoms with Gasteiger partial charge in [-0.1, -0.05) is 0 Å². The first kappa shape index (κ1) is 26.5. The van der Waals surface area contributed by atoms with Crippen LogP contribution in [0.3, 0.4) is 0 Å². The largest absolute Gasteiger partial charge is 0.379 e. The third kappa shape index (κ3) is 6.48. The number of imidazole rings is 1. The third-order valence-corrected chi connectivity index (χ3v) is 7.18. The van der Waals surface area contributed by atoms with Gasteiger partial charge in [0.2, 0.25) is 5.91 Å².